The zero-order valence-corrected chi connectivity index (χ0v) is 8.34. The smallest absolute Gasteiger partial charge is 0.307 e. The first-order chi connectivity index (χ1) is 6.15. The SMILES string of the molecule is O=C(O)Cc1cccc(F)c1CBr. The van der Waals surface area contributed by atoms with Crippen LogP contribution in [0, 0.1) is 5.82 Å². The fraction of sp³-hybridized carbons (Fsp3) is 0.222. The van der Waals surface area contributed by atoms with Crippen molar-refractivity contribution in [3.05, 3.63) is 35.1 Å². The van der Waals surface area contributed by atoms with Crippen LogP contribution >= 0.6 is 15.9 Å². The third-order valence-electron chi connectivity index (χ3n) is 1.69. The Morgan fingerprint density at radius 2 is 2.23 bits per heavy atom. The molecule has 13 heavy (non-hydrogen) atoms. The van der Waals surface area contributed by atoms with E-state index in [1.54, 1.807) is 6.07 Å². The first-order valence-corrected chi connectivity index (χ1v) is 4.81. The molecule has 1 aromatic carbocycles. The lowest BCUT2D eigenvalue weighted by Gasteiger charge is -2.04. The number of hydrogen-bond donors (Lipinski definition) is 1. The Hall–Kier alpha value is -0.900. The number of benzene rings is 1. The van der Waals surface area contributed by atoms with E-state index in [-0.39, 0.29) is 12.2 Å². The summed E-state index contributed by atoms with van der Waals surface area (Å²) in [7, 11) is 0. The Morgan fingerprint density at radius 3 is 2.77 bits per heavy atom. The number of aliphatic carboxylic acids is 1. The van der Waals surface area contributed by atoms with E-state index >= 15 is 0 Å². The van der Waals surface area contributed by atoms with Gasteiger partial charge in [0.15, 0.2) is 0 Å². The minimum absolute atomic E-state index is 0.140. The van der Waals surface area contributed by atoms with Gasteiger partial charge in [0.2, 0.25) is 0 Å². The van der Waals surface area contributed by atoms with Gasteiger partial charge < -0.3 is 5.11 Å². The normalized spacial score (nSPS) is 10.0. The largest absolute Gasteiger partial charge is 0.481 e. The molecule has 70 valence electrons. The summed E-state index contributed by atoms with van der Waals surface area (Å²) in [5.41, 5.74) is 0.939. The summed E-state index contributed by atoms with van der Waals surface area (Å²) in [5, 5.41) is 8.88. The lowest BCUT2D eigenvalue weighted by Crippen LogP contribution is -2.04. The summed E-state index contributed by atoms with van der Waals surface area (Å²) >= 11 is 3.12. The Morgan fingerprint density at radius 1 is 1.54 bits per heavy atom. The predicted molar refractivity (Wildman–Crippen MR) is 50.4 cm³/mol. The molecular weight excluding hydrogens is 239 g/mol. The second-order valence-corrected chi connectivity index (χ2v) is 3.14. The summed E-state index contributed by atoms with van der Waals surface area (Å²) in [5.74, 6) is -1.32. The zero-order valence-electron chi connectivity index (χ0n) is 6.76. The van der Waals surface area contributed by atoms with E-state index in [1.807, 2.05) is 0 Å². The van der Waals surface area contributed by atoms with Crippen molar-refractivity contribution in [1.29, 1.82) is 0 Å². The highest BCUT2D eigenvalue weighted by molar-refractivity contribution is 9.08. The first-order valence-electron chi connectivity index (χ1n) is 3.69. The molecule has 1 N–H and O–H groups in total. The molecular formula is C9H8BrFO2. The molecule has 1 aromatic rings. The van der Waals surface area contributed by atoms with Gasteiger partial charge in [0.05, 0.1) is 6.42 Å². The van der Waals surface area contributed by atoms with E-state index in [4.69, 9.17) is 5.11 Å². The van der Waals surface area contributed by atoms with Gasteiger partial charge in [0.25, 0.3) is 0 Å². The minimum atomic E-state index is -0.951. The monoisotopic (exact) mass is 246 g/mol. The molecule has 0 aliphatic rings. The van der Waals surface area contributed by atoms with Gasteiger partial charge in [0, 0.05) is 10.9 Å². The number of alkyl halides is 1. The predicted octanol–water partition coefficient (Wildman–Crippen LogP) is 2.35. The van der Waals surface area contributed by atoms with Crippen LogP contribution in [0.25, 0.3) is 0 Å². The van der Waals surface area contributed by atoms with E-state index in [0.717, 1.165) is 0 Å². The van der Waals surface area contributed by atoms with Gasteiger partial charge in [-0.05, 0) is 11.6 Å². The topological polar surface area (TPSA) is 37.3 Å². The maximum Gasteiger partial charge on any atom is 0.307 e. The quantitative estimate of drug-likeness (QED) is 0.832. The highest BCUT2D eigenvalue weighted by Crippen LogP contribution is 2.17. The van der Waals surface area contributed by atoms with Crippen LogP contribution < -0.4 is 0 Å². The number of hydrogen-bond acceptors (Lipinski definition) is 1. The summed E-state index contributed by atoms with van der Waals surface area (Å²) in [6, 6.07) is 4.45. The minimum Gasteiger partial charge on any atom is -0.481 e. The molecule has 2 nitrogen and oxygen atoms in total. The van der Waals surface area contributed by atoms with Crippen molar-refractivity contribution >= 4 is 21.9 Å². The van der Waals surface area contributed by atoms with E-state index < -0.39 is 5.97 Å². The molecule has 0 amide bonds. The van der Waals surface area contributed by atoms with E-state index in [9.17, 15) is 9.18 Å². The first kappa shape index (κ1) is 10.2. The number of halogens is 2. The molecule has 1 rings (SSSR count). The van der Waals surface area contributed by atoms with Crippen molar-refractivity contribution < 1.29 is 14.3 Å². The van der Waals surface area contributed by atoms with Crippen LogP contribution in [-0.4, -0.2) is 11.1 Å². The number of carbonyl (C=O) groups is 1. The average molecular weight is 247 g/mol. The van der Waals surface area contributed by atoms with Crippen molar-refractivity contribution in [1.82, 2.24) is 0 Å². The van der Waals surface area contributed by atoms with Gasteiger partial charge in [-0.3, -0.25) is 4.79 Å². The molecule has 0 unspecified atom stereocenters. The summed E-state index contributed by atoms with van der Waals surface area (Å²) in [6.07, 6.45) is -0.140. The summed E-state index contributed by atoms with van der Waals surface area (Å²) < 4.78 is 13.1. The third-order valence-corrected chi connectivity index (χ3v) is 2.25. The van der Waals surface area contributed by atoms with Crippen LogP contribution in [-0.2, 0) is 16.5 Å². The summed E-state index contributed by atoms with van der Waals surface area (Å²) in [6.45, 7) is 0. The third kappa shape index (κ3) is 2.52. The van der Waals surface area contributed by atoms with Crippen LogP contribution in [0.2, 0.25) is 0 Å². The maximum atomic E-state index is 13.1. The van der Waals surface area contributed by atoms with Gasteiger partial charge in [-0.15, -0.1) is 0 Å². The highest BCUT2D eigenvalue weighted by Gasteiger charge is 2.09. The lowest BCUT2D eigenvalue weighted by atomic mass is 10.1. The molecule has 0 atom stereocenters. The molecule has 0 heterocycles. The molecule has 0 saturated heterocycles. The van der Waals surface area contributed by atoms with Crippen LogP contribution in [0.5, 0.6) is 0 Å². The average Bonchev–Trinajstić information content (AvgIpc) is 2.03. The molecule has 0 fully saturated rings. The number of carboxylic acids is 1. The zero-order chi connectivity index (χ0) is 9.84. The Bertz CT molecular complexity index is 325. The molecule has 0 spiro atoms. The van der Waals surface area contributed by atoms with E-state index in [1.165, 1.54) is 12.1 Å². The lowest BCUT2D eigenvalue weighted by molar-refractivity contribution is -0.136. The van der Waals surface area contributed by atoms with Crippen LogP contribution in [0.4, 0.5) is 4.39 Å². The fourth-order valence-electron chi connectivity index (χ4n) is 1.08. The molecule has 0 radical (unpaired) electrons. The van der Waals surface area contributed by atoms with Crippen LogP contribution in [0.3, 0.4) is 0 Å². The van der Waals surface area contributed by atoms with Gasteiger partial charge in [0.1, 0.15) is 5.82 Å². The second-order valence-electron chi connectivity index (χ2n) is 2.58. The molecule has 0 aliphatic carbocycles. The standard InChI is InChI=1S/C9H8BrFO2/c10-5-7-6(4-9(12)13)2-1-3-8(7)11/h1-3H,4-5H2,(H,12,13). The van der Waals surface area contributed by atoms with Crippen molar-refractivity contribution in [2.45, 2.75) is 11.8 Å². The van der Waals surface area contributed by atoms with Gasteiger partial charge in [-0.2, -0.15) is 0 Å². The maximum absolute atomic E-state index is 13.1. The number of carboxylic acid groups (broad SMARTS) is 1. The molecule has 4 heteroatoms. The van der Waals surface area contributed by atoms with Gasteiger partial charge in [-0.1, -0.05) is 28.1 Å². The van der Waals surface area contributed by atoms with Crippen molar-refractivity contribution in [3.63, 3.8) is 0 Å². The van der Waals surface area contributed by atoms with E-state index in [2.05, 4.69) is 15.9 Å². The Kier molecular flexibility index (Phi) is 3.42. The second kappa shape index (κ2) is 4.37. The van der Waals surface area contributed by atoms with Gasteiger partial charge in [-0.25, -0.2) is 4.39 Å². The summed E-state index contributed by atoms with van der Waals surface area (Å²) in [4.78, 5) is 10.4. The highest BCUT2D eigenvalue weighted by atomic mass is 79.9. The van der Waals surface area contributed by atoms with Crippen molar-refractivity contribution in [2.24, 2.45) is 0 Å². The Balaban J connectivity index is 3.05. The van der Waals surface area contributed by atoms with Gasteiger partial charge >= 0.3 is 5.97 Å². The van der Waals surface area contributed by atoms with Crippen molar-refractivity contribution in [3.8, 4) is 0 Å². The molecule has 0 aliphatic heterocycles. The number of rotatable bonds is 3. The van der Waals surface area contributed by atoms with Crippen LogP contribution in [0.15, 0.2) is 18.2 Å². The molecule has 0 aromatic heterocycles. The fourth-order valence-corrected chi connectivity index (χ4v) is 1.71. The molecule has 0 saturated carbocycles. The van der Waals surface area contributed by atoms with Crippen molar-refractivity contribution in [2.75, 3.05) is 0 Å². The van der Waals surface area contributed by atoms with Crippen LogP contribution in [0.1, 0.15) is 11.1 Å². The Labute approximate surface area is 83.5 Å². The molecule has 0 bridgehead atoms. The van der Waals surface area contributed by atoms with E-state index in [0.29, 0.717) is 16.5 Å².